The number of para-hydroxylation sites is 1. The number of carbonyl (C=O) groups excluding carboxylic acids is 1. The maximum Gasteiger partial charge on any atom is 0.283 e. The van der Waals surface area contributed by atoms with Crippen LogP contribution in [0.3, 0.4) is 0 Å². The number of nitrogens with zero attached hydrogens (tertiary/aromatic N) is 3. The van der Waals surface area contributed by atoms with Gasteiger partial charge in [0, 0.05) is 17.8 Å². The largest absolute Gasteiger partial charge is 0.352 e. The Labute approximate surface area is 158 Å². The highest BCUT2D eigenvalue weighted by molar-refractivity contribution is 7.20. The van der Waals surface area contributed by atoms with Crippen LogP contribution in [0.5, 0.6) is 0 Å². The van der Waals surface area contributed by atoms with Crippen LogP contribution in [0.25, 0.3) is 15.9 Å². The summed E-state index contributed by atoms with van der Waals surface area (Å²) in [6, 6.07) is 14.3. The molecule has 0 aliphatic heterocycles. The van der Waals surface area contributed by atoms with Gasteiger partial charge in [-0.1, -0.05) is 30.4 Å². The molecule has 0 aliphatic carbocycles. The van der Waals surface area contributed by atoms with E-state index in [4.69, 9.17) is 0 Å². The molecule has 2 aromatic carbocycles. The lowest BCUT2D eigenvalue weighted by atomic mass is 10.2. The van der Waals surface area contributed by atoms with E-state index in [1.807, 2.05) is 25.1 Å². The molecule has 0 fully saturated rings. The van der Waals surface area contributed by atoms with Crippen molar-refractivity contribution >= 4 is 43.9 Å². The molecule has 8 heteroatoms. The summed E-state index contributed by atoms with van der Waals surface area (Å²) in [4.78, 5) is 29.5. The molecule has 0 unspecified atom stereocenters. The number of fused-ring (bicyclic) bond motifs is 2. The third-order valence-electron chi connectivity index (χ3n) is 4.04. The van der Waals surface area contributed by atoms with E-state index in [0.29, 0.717) is 33.1 Å². The van der Waals surface area contributed by atoms with Gasteiger partial charge < -0.3 is 10.6 Å². The molecule has 0 saturated heterocycles. The van der Waals surface area contributed by atoms with E-state index in [1.54, 1.807) is 30.3 Å². The lowest BCUT2D eigenvalue weighted by molar-refractivity contribution is 0.0953. The first-order valence-corrected chi connectivity index (χ1v) is 9.41. The molecule has 4 aromatic rings. The summed E-state index contributed by atoms with van der Waals surface area (Å²) in [6.45, 7) is 2.66. The molecule has 0 spiro atoms. The summed E-state index contributed by atoms with van der Waals surface area (Å²) < 4.78 is 1.31. The highest BCUT2D eigenvalue weighted by Crippen LogP contribution is 2.23. The normalized spacial score (nSPS) is 11.0. The lowest BCUT2D eigenvalue weighted by Crippen LogP contribution is -2.23. The fourth-order valence-corrected chi connectivity index (χ4v) is 3.49. The molecule has 2 aromatic heterocycles. The van der Waals surface area contributed by atoms with Crippen LogP contribution < -0.4 is 16.2 Å². The molecule has 0 aliphatic rings. The van der Waals surface area contributed by atoms with Gasteiger partial charge in [0.05, 0.1) is 10.9 Å². The molecule has 0 radical (unpaired) electrons. The van der Waals surface area contributed by atoms with Gasteiger partial charge in [0.15, 0.2) is 0 Å². The van der Waals surface area contributed by atoms with E-state index in [9.17, 15) is 9.59 Å². The van der Waals surface area contributed by atoms with Crippen LogP contribution in [0.1, 0.15) is 23.7 Å². The molecule has 0 bridgehead atoms. The van der Waals surface area contributed by atoms with Gasteiger partial charge in [0.2, 0.25) is 10.1 Å². The van der Waals surface area contributed by atoms with Crippen molar-refractivity contribution in [3.05, 3.63) is 64.4 Å². The van der Waals surface area contributed by atoms with Crippen molar-refractivity contribution in [2.45, 2.75) is 13.3 Å². The predicted molar refractivity (Wildman–Crippen MR) is 107 cm³/mol. The van der Waals surface area contributed by atoms with Crippen molar-refractivity contribution in [1.29, 1.82) is 0 Å². The van der Waals surface area contributed by atoms with E-state index >= 15 is 0 Å². The minimum Gasteiger partial charge on any atom is -0.352 e. The standard InChI is InChI=1S/C19H17N5O2S/c1-2-11-20-16(25)12-7-9-13(10-8-12)21-18-23-24-17(26)14-5-3-4-6-15(14)22-19(24)27-18/h3-10H,2,11H2,1H3,(H,20,25)(H,21,23). The van der Waals surface area contributed by atoms with Gasteiger partial charge in [-0.3, -0.25) is 9.59 Å². The molecule has 136 valence electrons. The molecule has 1 amide bonds. The van der Waals surface area contributed by atoms with Gasteiger partial charge in [-0.2, -0.15) is 4.52 Å². The second-order valence-corrected chi connectivity index (χ2v) is 6.95. The number of nitrogens with one attached hydrogen (secondary N) is 2. The van der Waals surface area contributed by atoms with Gasteiger partial charge >= 0.3 is 0 Å². The van der Waals surface area contributed by atoms with E-state index in [1.165, 1.54) is 15.9 Å². The number of rotatable bonds is 5. The SMILES string of the molecule is CCCNC(=O)c1ccc(Nc2nn3c(=O)c4ccccc4nc3s2)cc1. The van der Waals surface area contributed by atoms with Crippen LogP contribution >= 0.6 is 11.3 Å². The van der Waals surface area contributed by atoms with Crippen molar-refractivity contribution in [3.63, 3.8) is 0 Å². The first-order valence-electron chi connectivity index (χ1n) is 8.59. The third-order valence-corrected chi connectivity index (χ3v) is 4.86. The smallest absolute Gasteiger partial charge is 0.283 e. The third kappa shape index (κ3) is 3.39. The van der Waals surface area contributed by atoms with Crippen molar-refractivity contribution in [2.75, 3.05) is 11.9 Å². The van der Waals surface area contributed by atoms with E-state index < -0.39 is 0 Å². The van der Waals surface area contributed by atoms with Crippen LogP contribution in [0.15, 0.2) is 53.3 Å². The number of carbonyl (C=O) groups is 1. The highest BCUT2D eigenvalue weighted by Gasteiger charge is 2.11. The summed E-state index contributed by atoms with van der Waals surface area (Å²) >= 11 is 1.29. The van der Waals surface area contributed by atoms with Crippen molar-refractivity contribution < 1.29 is 4.79 Å². The zero-order chi connectivity index (χ0) is 18.8. The lowest BCUT2D eigenvalue weighted by Gasteiger charge is -2.05. The van der Waals surface area contributed by atoms with Crippen LogP contribution in [-0.2, 0) is 0 Å². The molecule has 4 rings (SSSR count). The average Bonchev–Trinajstić information content (AvgIpc) is 3.09. The maximum atomic E-state index is 12.6. The number of benzene rings is 2. The predicted octanol–water partition coefficient (Wildman–Crippen LogP) is 3.19. The average molecular weight is 379 g/mol. The van der Waals surface area contributed by atoms with E-state index in [-0.39, 0.29) is 11.5 Å². The van der Waals surface area contributed by atoms with Gasteiger partial charge in [0.25, 0.3) is 11.5 Å². The quantitative estimate of drug-likeness (QED) is 0.556. The second-order valence-electron chi connectivity index (χ2n) is 5.99. The Morgan fingerprint density at radius 2 is 1.93 bits per heavy atom. The maximum absolute atomic E-state index is 12.6. The monoisotopic (exact) mass is 379 g/mol. The first-order chi connectivity index (χ1) is 13.2. The van der Waals surface area contributed by atoms with Crippen molar-refractivity contribution in [1.82, 2.24) is 19.9 Å². The minimum atomic E-state index is -0.192. The van der Waals surface area contributed by atoms with Crippen molar-refractivity contribution in [2.24, 2.45) is 0 Å². The van der Waals surface area contributed by atoms with Crippen LogP contribution in [-0.4, -0.2) is 27.0 Å². The van der Waals surface area contributed by atoms with Crippen LogP contribution in [0.4, 0.5) is 10.8 Å². The Bertz CT molecular complexity index is 1180. The fourth-order valence-electron chi connectivity index (χ4n) is 2.67. The molecule has 0 saturated carbocycles. The number of aromatic nitrogens is 3. The summed E-state index contributed by atoms with van der Waals surface area (Å²) in [5.74, 6) is -0.0918. The number of anilines is 2. The Morgan fingerprint density at radius 1 is 1.15 bits per heavy atom. The number of amides is 1. The summed E-state index contributed by atoms with van der Waals surface area (Å²) in [6.07, 6.45) is 0.894. The summed E-state index contributed by atoms with van der Waals surface area (Å²) in [5, 5.41) is 11.4. The zero-order valence-corrected chi connectivity index (χ0v) is 15.4. The zero-order valence-electron chi connectivity index (χ0n) is 14.6. The second kappa shape index (κ2) is 7.16. The van der Waals surface area contributed by atoms with Gasteiger partial charge in [-0.15, -0.1) is 5.10 Å². The highest BCUT2D eigenvalue weighted by atomic mass is 32.1. The van der Waals surface area contributed by atoms with Gasteiger partial charge in [-0.05, 0) is 42.8 Å². The Morgan fingerprint density at radius 3 is 2.70 bits per heavy atom. The van der Waals surface area contributed by atoms with Crippen LogP contribution in [0.2, 0.25) is 0 Å². The van der Waals surface area contributed by atoms with Gasteiger partial charge in [-0.25, -0.2) is 4.98 Å². The van der Waals surface area contributed by atoms with Gasteiger partial charge in [0.1, 0.15) is 0 Å². The number of hydrogen-bond donors (Lipinski definition) is 2. The van der Waals surface area contributed by atoms with E-state index in [2.05, 4.69) is 20.7 Å². The summed E-state index contributed by atoms with van der Waals surface area (Å²) in [7, 11) is 0. The topological polar surface area (TPSA) is 88.4 Å². The Kier molecular flexibility index (Phi) is 4.55. The van der Waals surface area contributed by atoms with Crippen LogP contribution in [0, 0.1) is 0 Å². The molecular weight excluding hydrogens is 362 g/mol. The Balaban J connectivity index is 1.60. The minimum absolute atomic E-state index is 0.0918. The molecule has 27 heavy (non-hydrogen) atoms. The number of hydrogen-bond acceptors (Lipinski definition) is 6. The first kappa shape index (κ1) is 17.2. The molecular formula is C19H17N5O2S. The summed E-state index contributed by atoms with van der Waals surface area (Å²) in [5.41, 5.74) is 1.84. The molecule has 2 heterocycles. The fraction of sp³-hybridized carbons (Fsp3) is 0.158. The molecule has 2 N–H and O–H groups in total. The molecule has 0 atom stereocenters. The van der Waals surface area contributed by atoms with Crippen molar-refractivity contribution in [3.8, 4) is 0 Å². The molecule has 7 nitrogen and oxygen atoms in total. The Hall–Kier alpha value is -3.26. The van der Waals surface area contributed by atoms with E-state index in [0.717, 1.165) is 12.1 Å².